The van der Waals surface area contributed by atoms with Gasteiger partial charge in [-0.2, -0.15) is 0 Å². The van der Waals surface area contributed by atoms with Crippen molar-refractivity contribution in [2.45, 2.75) is 20.3 Å². The van der Waals surface area contributed by atoms with Crippen molar-refractivity contribution in [1.29, 1.82) is 0 Å². The number of methoxy groups -OCH3 is 2. The first-order chi connectivity index (χ1) is 19.8. The minimum absolute atomic E-state index is 0.238. The summed E-state index contributed by atoms with van der Waals surface area (Å²) in [5, 5.41) is 4.53. The molecular weight excluding hydrogens is 544 g/mol. The van der Waals surface area contributed by atoms with E-state index in [0.717, 1.165) is 25.2 Å². The van der Waals surface area contributed by atoms with Gasteiger partial charge in [0.05, 0.1) is 29.9 Å². The molecule has 0 bridgehead atoms. The predicted octanol–water partition coefficient (Wildman–Crippen LogP) is 5.63. The molecule has 2 unspecified atom stereocenters. The smallest absolute Gasteiger partial charge is 0.186 e. The molecule has 10 heteroatoms. The molecule has 0 amide bonds. The van der Waals surface area contributed by atoms with Crippen LogP contribution in [0.1, 0.15) is 25.8 Å². The van der Waals surface area contributed by atoms with Crippen LogP contribution in [-0.2, 0) is 14.3 Å². The van der Waals surface area contributed by atoms with Crippen molar-refractivity contribution < 1.29 is 23.8 Å². The summed E-state index contributed by atoms with van der Waals surface area (Å²) in [4.78, 5) is 36.5. The van der Waals surface area contributed by atoms with Gasteiger partial charge in [-0.05, 0) is 54.7 Å². The van der Waals surface area contributed by atoms with Gasteiger partial charge in [0.15, 0.2) is 23.1 Å². The molecule has 0 spiro atoms. The molecule has 1 aliphatic heterocycles. The first kappa shape index (κ1) is 28.6. The Morgan fingerprint density at radius 2 is 1.78 bits per heavy atom. The second kappa shape index (κ2) is 12.3. The average molecular weight is 577 g/mol. The van der Waals surface area contributed by atoms with E-state index in [1.165, 1.54) is 24.6 Å². The largest absolute Gasteiger partial charge is 0.493 e. The van der Waals surface area contributed by atoms with Crippen molar-refractivity contribution in [2.75, 3.05) is 50.7 Å². The van der Waals surface area contributed by atoms with E-state index in [0.29, 0.717) is 75.1 Å². The maximum atomic E-state index is 13.0. The molecule has 9 nitrogen and oxygen atoms in total. The Bertz CT molecular complexity index is 1540. The van der Waals surface area contributed by atoms with Gasteiger partial charge in [0.25, 0.3) is 0 Å². The number of allylic oxidation sites excluding steroid dienone is 4. The number of fused-ring (bicyclic) bond motifs is 1. The van der Waals surface area contributed by atoms with E-state index in [9.17, 15) is 9.59 Å². The third-order valence-corrected chi connectivity index (χ3v) is 7.51. The summed E-state index contributed by atoms with van der Waals surface area (Å²) in [6.07, 6.45) is 6.56. The highest BCUT2D eigenvalue weighted by atomic mass is 35.5. The van der Waals surface area contributed by atoms with Crippen LogP contribution in [-0.4, -0.2) is 62.1 Å². The first-order valence-electron chi connectivity index (χ1n) is 13.6. The quantitative estimate of drug-likeness (QED) is 0.256. The molecule has 2 atom stereocenters. The third kappa shape index (κ3) is 6.21. The van der Waals surface area contributed by atoms with E-state index < -0.39 is 0 Å². The molecule has 1 fully saturated rings. The Labute approximate surface area is 244 Å². The Kier molecular flexibility index (Phi) is 8.56. The topological polar surface area (TPSA) is 103 Å². The molecule has 3 aromatic rings. The second-order valence-corrected chi connectivity index (χ2v) is 11.0. The molecule has 41 heavy (non-hydrogen) atoms. The minimum atomic E-state index is -0.240. The Hall–Kier alpha value is -3.95. The lowest BCUT2D eigenvalue weighted by Gasteiger charge is -2.38. The fraction of sp³-hybridized carbons (Fsp3) is 0.355. The Morgan fingerprint density at radius 3 is 2.51 bits per heavy atom. The molecule has 5 rings (SSSR count). The second-order valence-electron chi connectivity index (χ2n) is 10.6. The number of hydrogen-bond acceptors (Lipinski definition) is 9. The standard InChI is InChI=1S/C31H33ClN4O5/c1-18-9-19(2)16-36(15-18)30-23(22-12-21(37)5-6-27(22)38)10-20(11-25(30)32)35-31-24-13-28(40-4)29(41-8-7-39-3)14-26(24)33-17-34-31/h5-6,10-14,17-19H,7-9,15-16H2,1-4H3,(H,33,34,35). The summed E-state index contributed by atoms with van der Waals surface area (Å²) in [5.41, 5.74) is 2.94. The molecular formula is C31H33ClN4O5. The van der Waals surface area contributed by atoms with Gasteiger partial charge in [-0.3, -0.25) is 9.59 Å². The van der Waals surface area contributed by atoms with E-state index >= 15 is 0 Å². The van der Waals surface area contributed by atoms with Gasteiger partial charge in [-0.1, -0.05) is 25.4 Å². The van der Waals surface area contributed by atoms with Crippen LogP contribution in [0.15, 0.2) is 48.8 Å². The van der Waals surface area contributed by atoms with Crippen molar-refractivity contribution in [2.24, 2.45) is 11.8 Å². The zero-order valence-corrected chi connectivity index (χ0v) is 24.3. The zero-order valence-electron chi connectivity index (χ0n) is 23.6. The van der Waals surface area contributed by atoms with E-state index in [4.69, 9.17) is 25.8 Å². The van der Waals surface area contributed by atoms with Crippen LogP contribution in [0.5, 0.6) is 11.5 Å². The van der Waals surface area contributed by atoms with Crippen molar-refractivity contribution in [3.05, 3.63) is 59.4 Å². The number of carbonyl (C=O) groups excluding carboxylic acids is 2. The highest BCUT2D eigenvalue weighted by Crippen LogP contribution is 2.42. The van der Waals surface area contributed by atoms with E-state index in [1.54, 1.807) is 20.3 Å². The number of halogens is 1. The van der Waals surface area contributed by atoms with Crippen LogP contribution < -0.4 is 19.7 Å². The van der Waals surface area contributed by atoms with Crippen LogP contribution in [0.4, 0.5) is 17.2 Å². The monoisotopic (exact) mass is 576 g/mol. The fourth-order valence-electron chi connectivity index (χ4n) is 5.57. The van der Waals surface area contributed by atoms with Gasteiger partial charge in [-0.15, -0.1) is 0 Å². The van der Waals surface area contributed by atoms with Crippen molar-refractivity contribution in [3.8, 4) is 11.5 Å². The molecule has 0 radical (unpaired) electrons. The van der Waals surface area contributed by atoms with Gasteiger partial charge in [0.2, 0.25) is 0 Å². The lowest BCUT2D eigenvalue weighted by molar-refractivity contribution is -0.113. The normalized spacial score (nSPS) is 19.0. The predicted molar refractivity (Wildman–Crippen MR) is 160 cm³/mol. The number of hydrogen-bond donors (Lipinski definition) is 1. The van der Waals surface area contributed by atoms with E-state index in [1.807, 2.05) is 18.2 Å². The number of benzene rings is 2. The van der Waals surface area contributed by atoms with Crippen molar-refractivity contribution >= 4 is 56.8 Å². The number of ketones is 2. The lowest BCUT2D eigenvalue weighted by Crippen LogP contribution is -2.39. The van der Waals surface area contributed by atoms with E-state index in [2.05, 4.69) is 34.0 Å². The minimum Gasteiger partial charge on any atom is -0.493 e. The molecule has 2 aromatic carbocycles. The Balaban J connectivity index is 1.58. The fourth-order valence-corrected chi connectivity index (χ4v) is 5.91. The van der Waals surface area contributed by atoms with E-state index in [-0.39, 0.29) is 11.6 Å². The summed E-state index contributed by atoms with van der Waals surface area (Å²) < 4.78 is 16.5. The average Bonchev–Trinajstić information content (AvgIpc) is 2.93. The first-order valence-corrected chi connectivity index (χ1v) is 13.9. The van der Waals surface area contributed by atoms with Crippen LogP contribution in [0.2, 0.25) is 5.02 Å². The number of anilines is 3. The maximum absolute atomic E-state index is 13.0. The number of piperidine rings is 1. The summed E-state index contributed by atoms with van der Waals surface area (Å²) in [6.45, 7) is 6.84. The number of aromatic nitrogens is 2. The summed E-state index contributed by atoms with van der Waals surface area (Å²) >= 11 is 6.98. The third-order valence-electron chi connectivity index (χ3n) is 7.22. The zero-order chi connectivity index (χ0) is 29.1. The molecule has 1 N–H and O–H groups in total. The van der Waals surface area contributed by atoms with Crippen LogP contribution in [0.3, 0.4) is 0 Å². The van der Waals surface area contributed by atoms with Crippen molar-refractivity contribution in [1.82, 2.24) is 9.97 Å². The van der Waals surface area contributed by atoms with Gasteiger partial charge < -0.3 is 24.4 Å². The van der Waals surface area contributed by atoms with Gasteiger partial charge in [0.1, 0.15) is 18.8 Å². The summed E-state index contributed by atoms with van der Waals surface area (Å²) in [7, 11) is 3.18. The molecule has 1 aromatic heterocycles. The van der Waals surface area contributed by atoms with Crippen LogP contribution >= 0.6 is 11.6 Å². The van der Waals surface area contributed by atoms with Crippen molar-refractivity contribution in [3.63, 3.8) is 0 Å². The van der Waals surface area contributed by atoms with Gasteiger partial charge in [0, 0.05) is 48.5 Å². The number of carbonyl (C=O) groups is 2. The molecule has 0 saturated carbocycles. The maximum Gasteiger partial charge on any atom is 0.186 e. The summed E-state index contributed by atoms with van der Waals surface area (Å²) in [6, 6.07) is 7.28. The molecule has 1 aliphatic carbocycles. The highest BCUT2D eigenvalue weighted by molar-refractivity contribution is 6.38. The molecule has 1 saturated heterocycles. The SMILES string of the molecule is COCCOc1cc2ncnc(Nc3cc(Cl)c(N4CC(C)CC(C)C4)c(C4=CC(=O)C=CC4=O)c3)c2cc1OC. The molecule has 214 valence electrons. The Morgan fingerprint density at radius 1 is 1.00 bits per heavy atom. The molecule has 2 aliphatic rings. The number of nitrogens with one attached hydrogen (secondary N) is 1. The van der Waals surface area contributed by atoms with Gasteiger partial charge >= 0.3 is 0 Å². The number of rotatable bonds is 9. The summed E-state index contributed by atoms with van der Waals surface area (Å²) in [5.74, 6) is 2.03. The molecule has 2 heterocycles. The van der Waals surface area contributed by atoms with Crippen LogP contribution in [0, 0.1) is 11.8 Å². The van der Waals surface area contributed by atoms with Gasteiger partial charge in [-0.25, -0.2) is 9.97 Å². The highest BCUT2D eigenvalue weighted by Gasteiger charge is 2.29. The number of nitrogens with zero attached hydrogens (tertiary/aromatic N) is 3. The van der Waals surface area contributed by atoms with Crippen LogP contribution in [0.25, 0.3) is 16.5 Å². The lowest BCUT2D eigenvalue weighted by atomic mass is 9.89. The number of ether oxygens (including phenoxy) is 3.